The first-order chi connectivity index (χ1) is 21.4. The fraction of sp³-hybridized carbons (Fsp3) is 0.333. The van der Waals surface area contributed by atoms with Crippen LogP contribution in [0.15, 0.2) is 66.7 Å². The average molecular weight is 593 g/mol. The summed E-state index contributed by atoms with van der Waals surface area (Å²) in [6, 6.07) is 20.0. The lowest BCUT2D eigenvalue weighted by Gasteiger charge is -2.32. The highest BCUT2D eigenvalue weighted by Crippen LogP contribution is 2.32. The van der Waals surface area contributed by atoms with E-state index >= 15 is 0 Å². The second-order valence-corrected chi connectivity index (χ2v) is 11.7. The van der Waals surface area contributed by atoms with Crippen LogP contribution in [-0.4, -0.2) is 50.9 Å². The number of carbonyl (C=O) groups is 3. The Labute approximate surface area is 255 Å². The van der Waals surface area contributed by atoms with Gasteiger partial charge in [-0.1, -0.05) is 36.4 Å². The molecule has 11 heteroatoms. The highest BCUT2D eigenvalue weighted by Gasteiger charge is 2.35. The number of carbonyl (C=O) groups excluding carboxylic acids is 3. The van der Waals surface area contributed by atoms with Crippen LogP contribution in [0.1, 0.15) is 43.2 Å². The highest BCUT2D eigenvalue weighted by molar-refractivity contribution is 6.17. The number of anilines is 2. The first-order valence-electron chi connectivity index (χ1n) is 15.1. The minimum absolute atomic E-state index is 0.0299. The van der Waals surface area contributed by atoms with Gasteiger partial charge in [-0.2, -0.15) is 5.21 Å². The molecule has 0 spiro atoms. The Bertz CT molecular complexity index is 1630. The second kappa shape index (κ2) is 12.9. The SMILES string of the molecule is NCC1CCC(C(=O)N(C(=O)[C@@H](N)Cc2ccc(-c3ccc4c(c3)NC(=O)CC4)cc2)c2ccc(-c3nn[nH]n3)cc2)CC1. The molecule has 0 bridgehead atoms. The number of nitrogens with two attached hydrogens (primary N) is 2. The van der Waals surface area contributed by atoms with Crippen molar-refractivity contribution in [3.8, 4) is 22.5 Å². The van der Waals surface area contributed by atoms with Crippen LogP contribution in [0.4, 0.5) is 11.4 Å². The summed E-state index contributed by atoms with van der Waals surface area (Å²) in [5.74, 6) is -0.0985. The van der Waals surface area contributed by atoms with Gasteiger partial charge in [-0.05, 0) is 109 Å². The summed E-state index contributed by atoms with van der Waals surface area (Å²) in [7, 11) is 0. The van der Waals surface area contributed by atoms with Crippen LogP contribution in [0, 0.1) is 11.8 Å². The molecule has 3 aromatic carbocycles. The molecule has 0 radical (unpaired) electrons. The maximum Gasteiger partial charge on any atom is 0.251 e. The van der Waals surface area contributed by atoms with Crippen molar-refractivity contribution < 1.29 is 14.4 Å². The Balaban J connectivity index is 1.19. The van der Waals surface area contributed by atoms with Crippen molar-refractivity contribution in [1.29, 1.82) is 0 Å². The van der Waals surface area contributed by atoms with E-state index in [2.05, 4.69) is 38.1 Å². The van der Waals surface area contributed by atoms with Crippen molar-refractivity contribution in [1.82, 2.24) is 20.6 Å². The van der Waals surface area contributed by atoms with Crippen molar-refractivity contribution >= 4 is 29.1 Å². The molecule has 11 nitrogen and oxygen atoms in total. The standard InChI is InChI=1S/C33H36N8O3/c34-19-21-3-7-25(8-4-21)32(43)41(27-14-11-24(12-15-27)31-37-39-40-38-31)33(44)28(35)17-20-1-5-22(6-2-20)26-10-9-23-13-16-30(42)36-29(23)18-26/h1-2,5-6,9-12,14-15,18,21,25,28H,3-4,7-8,13,16-17,19,34-35H2,(H,36,42)(H,37,38,39,40)/t21?,25?,28-/m0/s1. The molecule has 1 fully saturated rings. The van der Waals surface area contributed by atoms with Gasteiger partial charge in [-0.15, -0.1) is 10.2 Å². The van der Waals surface area contributed by atoms with Gasteiger partial charge in [0.2, 0.25) is 17.6 Å². The van der Waals surface area contributed by atoms with Crippen molar-refractivity contribution in [2.75, 3.05) is 16.8 Å². The fourth-order valence-electron chi connectivity index (χ4n) is 6.13. The zero-order valence-electron chi connectivity index (χ0n) is 24.4. The Morgan fingerprint density at radius 2 is 1.61 bits per heavy atom. The van der Waals surface area contributed by atoms with E-state index in [1.807, 2.05) is 30.3 Å². The van der Waals surface area contributed by atoms with E-state index in [1.54, 1.807) is 24.3 Å². The zero-order chi connectivity index (χ0) is 30.6. The number of hydrogen-bond acceptors (Lipinski definition) is 8. The van der Waals surface area contributed by atoms with E-state index in [9.17, 15) is 14.4 Å². The van der Waals surface area contributed by atoms with Gasteiger partial charge in [0, 0.05) is 23.6 Å². The molecule has 226 valence electrons. The summed E-state index contributed by atoms with van der Waals surface area (Å²) < 4.78 is 0. The molecule has 0 saturated heterocycles. The van der Waals surface area contributed by atoms with Crippen molar-refractivity contribution in [2.24, 2.45) is 23.3 Å². The molecule has 6 N–H and O–H groups in total. The largest absolute Gasteiger partial charge is 0.330 e. The van der Waals surface area contributed by atoms with Gasteiger partial charge in [0.05, 0.1) is 11.7 Å². The minimum atomic E-state index is -0.930. The third-order valence-electron chi connectivity index (χ3n) is 8.76. The molecule has 1 saturated carbocycles. The number of rotatable bonds is 8. The van der Waals surface area contributed by atoms with Crippen LogP contribution in [0.3, 0.4) is 0 Å². The van der Waals surface area contributed by atoms with Crippen molar-refractivity contribution in [3.63, 3.8) is 0 Å². The molecule has 1 atom stereocenters. The van der Waals surface area contributed by atoms with Gasteiger partial charge in [-0.25, -0.2) is 4.90 Å². The van der Waals surface area contributed by atoms with Crippen LogP contribution in [0.25, 0.3) is 22.5 Å². The maximum absolute atomic E-state index is 13.9. The number of fused-ring (bicyclic) bond motifs is 1. The number of aryl methyl sites for hydroxylation is 1. The highest BCUT2D eigenvalue weighted by atomic mass is 16.2. The summed E-state index contributed by atoms with van der Waals surface area (Å²) in [5.41, 5.74) is 18.4. The molecule has 2 heterocycles. The van der Waals surface area contributed by atoms with Crippen LogP contribution in [0.5, 0.6) is 0 Å². The molecule has 1 aliphatic heterocycles. The molecule has 1 aromatic heterocycles. The van der Waals surface area contributed by atoms with Crippen LogP contribution >= 0.6 is 0 Å². The van der Waals surface area contributed by atoms with Gasteiger partial charge in [0.25, 0.3) is 5.91 Å². The molecular weight excluding hydrogens is 556 g/mol. The molecular formula is C33H36N8O3. The molecule has 6 rings (SSSR count). The first kappa shape index (κ1) is 29.3. The summed E-state index contributed by atoms with van der Waals surface area (Å²) in [6.07, 6.45) is 4.61. The average Bonchev–Trinajstić information content (AvgIpc) is 3.60. The number of aromatic nitrogens is 4. The van der Waals surface area contributed by atoms with Gasteiger partial charge in [0.1, 0.15) is 0 Å². The van der Waals surface area contributed by atoms with E-state index in [0.717, 1.165) is 47.2 Å². The van der Waals surface area contributed by atoms with Crippen LogP contribution < -0.4 is 21.7 Å². The van der Waals surface area contributed by atoms with Crippen molar-refractivity contribution in [2.45, 2.75) is 51.0 Å². The summed E-state index contributed by atoms with van der Waals surface area (Å²) in [5, 5.41) is 17.0. The molecule has 2 aliphatic rings. The number of aromatic amines is 1. The Kier molecular flexibility index (Phi) is 8.58. The number of nitrogens with zero attached hydrogens (tertiary/aromatic N) is 4. The molecule has 4 aromatic rings. The quantitative estimate of drug-likeness (QED) is 0.240. The number of nitrogens with one attached hydrogen (secondary N) is 2. The Morgan fingerprint density at radius 3 is 2.30 bits per heavy atom. The monoisotopic (exact) mass is 592 g/mol. The van der Waals surface area contributed by atoms with Gasteiger partial charge in [-0.3, -0.25) is 14.4 Å². The zero-order valence-corrected chi connectivity index (χ0v) is 24.4. The number of benzene rings is 3. The molecule has 3 amide bonds. The van der Waals surface area contributed by atoms with Crippen LogP contribution in [-0.2, 0) is 27.2 Å². The number of tetrazole rings is 1. The predicted molar refractivity (Wildman–Crippen MR) is 167 cm³/mol. The van der Waals surface area contributed by atoms with Crippen molar-refractivity contribution in [3.05, 3.63) is 77.9 Å². The number of amides is 3. The topological polar surface area (TPSA) is 173 Å². The van der Waals surface area contributed by atoms with E-state index in [0.29, 0.717) is 48.8 Å². The number of H-pyrrole nitrogens is 1. The van der Waals surface area contributed by atoms with Gasteiger partial charge in [0.15, 0.2) is 0 Å². The lowest BCUT2D eigenvalue weighted by Crippen LogP contribution is -2.50. The fourth-order valence-corrected chi connectivity index (χ4v) is 6.13. The van der Waals surface area contributed by atoms with E-state index in [1.165, 1.54) is 4.90 Å². The smallest absolute Gasteiger partial charge is 0.251 e. The van der Waals surface area contributed by atoms with E-state index < -0.39 is 11.9 Å². The minimum Gasteiger partial charge on any atom is -0.330 e. The van der Waals surface area contributed by atoms with Crippen LogP contribution in [0.2, 0.25) is 0 Å². The van der Waals surface area contributed by atoms with E-state index in [-0.39, 0.29) is 24.2 Å². The third-order valence-corrected chi connectivity index (χ3v) is 8.76. The lowest BCUT2D eigenvalue weighted by atomic mass is 9.81. The molecule has 0 unspecified atom stereocenters. The third kappa shape index (κ3) is 6.29. The van der Waals surface area contributed by atoms with E-state index in [4.69, 9.17) is 11.5 Å². The van der Waals surface area contributed by atoms with Gasteiger partial charge < -0.3 is 16.8 Å². The van der Waals surface area contributed by atoms with Gasteiger partial charge >= 0.3 is 0 Å². The summed E-state index contributed by atoms with van der Waals surface area (Å²) in [6.45, 7) is 0.605. The first-order valence-corrected chi connectivity index (χ1v) is 15.1. The normalized spacial score (nSPS) is 18.6. The number of imide groups is 1. The number of hydrogen-bond donors (Lipinski definition) is 4. The lowest BCUT2D eigenvalue weighted by molar-refractivity contribution is -0.130. The summed E-state index contributed by atoms with van der Waals surface area (Å²) in [4.78, 5) is 40.9. The second-order valence-electron chi connectivity index (χ2n) is 11.7. The predicted octanol–water partition coefficient (Wildman–Crippen LogP) is 3.61. The Morgan fingerprint density at radius 1 is 0.909 bits per heavy atom. The summed E-state index contributed by atoms with van der Waals surface area (Å²) >= 11 is 0. The Hall–Kier alpha value is -4.74. The maximum atomic E-state index is 13.9. The molecule has 1 aliphatic carbocycles. The molecule has 44 heavy (non-hydrogen) atoms.